The van der Waals surface area contributed by atoms with Gasteiger partial charge in [-0.05, 0) is 0 Å². The average Bonchev–Trinajstić information content (AvgIpc) is 1.41. The first-order valence-corrected chi connectivity index (χ1v) is 6.29. The van der Waals surface area contributed by atoms with E-state index in [1.807, 2.05) is 0 Å². The van der Waals surface area contributed by atoms with E-state index in [1.54, 1.807) is 0 Å². The molecule has 6 N–H and O–H groups in total. The zero-order valence-electron chi connectivity index (χ0n) is 9.06. The molecule has 0 amide bonds. The van der Waals surface area contributed by atoms with Gasteiger partial charge in [0.2, 0.25) is 0 Å². The number of hydrogen-bond acceptors (Lipinski definition) is 6. The molecule has 0 saturated carbocycles. The van der Waals surface area contributed by atoms with Crippen LogP contribution in [-0.4, -0.2) is 75.6 Å². The fourth-order valence-corrected chi connectivity index (χ4v) is 0. The second-order valence-corrected chi connectivity index (χ2v) is 4.03. The molecule has 0 aliphatic carbocycles. The Bertz CT molecular complexity index is 346. The van der Waals surface area contributed by atoms with E-state index in [9.17, 15) is 0 Å². The molecule has 0 saturated heterocycles. The minimum Gasteiger partial charge on any atom is -1.00 e. The molecule has 0 heterocycles. The largest absolute Gasteiger partial charge is 2.00 e. The van der Waals surface area contributed by atoms with Crippen LogP contribution in [0.1, 0.15) is 2.85 Å². The standard InChI is InChI=1S/Mg.3H2O4S.2H/c;3*1-5(2,3)4;;/h;3*(H2,1,2,3,4);;/q+2;;;;2*-1. The summed E-state index contributed by atoms with van der Waals surface area (Å²) < 4.78 is 94.8. The van der Waals surface area contributed by atoms with Crippen LogP contribution in [-0.2, 0) is 31.2 Å². The van der Waals surface area contributed by atoms with Crippen LogP contribution < -0.4 is 0 Å². The van der Waals surface area contributed by atoms with Gasteiger partial charge in [0.05, 0.1) is 0 Å². The predicted molar refractivity (Wildman–Crippen MR) is 50.5 cm³/mol. The maximum absolute atomic E-state index is 8.74. The van der Waals surface area contributed by atoms with E-state index in [0.717, 1.165) is 0 Å². The van der Waals surface area contributed by atoms with E-state index >= 15 is 0 Å². The van der Waals surface area contributed by atoms with Gasteiger partial charge in [-0.2, -0.15) is 25.3 Å². The molecule has 16 heteroatoms. The van der Waals surface area contributed by atoms with Crippen molar-refractivity contribution in [2.75, 3.05) is 0 Å². The van der Waals surface area contributed by atoms with Crippen LogP contribution in [0.15, 0.2) is 0 Å². The van der Waals surface area contributed by atoms with Crippen LogP contribution in [0.25, 0.3) is 0 Å². The maximum Gasteiger partial charge on any atom is 2.00 e. The smallest absolute Gasteiger partial charge is 1.00 e. The summed E-state index contributed by atoms with van der Waals surface area (Å²) >= 11 is 0. The van der Waals surface area contributed by atoms with Crippen molar-refractivity contribution in [3.05, 3.63) is 0 Å². The quantitative estimate of drug-likeness (QED) is 0.208. The number of hydrogen-bond donors (Lipinski definition) is 6. The normalized spacial score (nSPS) is 10.9. The van der Waals surface area contributed by atoms with Crippen LogP contribution in [0, 0.1) is 0 Å². The zero-order chi connectivity index (χ0) is 13.5. The van der Waals surface area contributed by atoms with Gasteiger partial charge in [0, 0.05) is 0 Å². The molecule has 0 bridgehead atoms. The molecule has 0 aliphatic heterocycles. The minimum atomic E-state index is -4.67. The summed E-state index contributed by atoms with van der Waals surface area (Å²) in [6.07, 6.45) is 0. The van der Waals surface area contributed by atoms with Crippen LogP contribution in [0.2, 0.25) is 0 Å². The second-order valence-electron chi connectivity index (χ2n) is 1.34. The molecule has 100 valence electrons. The molecule has 0 aromatic carbocycles. The monoisotopic (exact) mass is 320 g/mol. The van der Waals surface area contributed by atoms with Gasteiger partial charge in [-0.1, -0.05) is 0 Å². The van der Waals surface area contributed by atoms with Crippen molar-refractivity contribution in [1.29, 1.82) is 0 Å². The van der Waals surface area contributed by atoms with E-state index in [0.29, 0.717) is 0 Å². The Morgan fingerprint density at radius 3 is 0.500 bits per heavy atom. The molecule has 0 unspecified atom stereocenters. The van der Waals surface area contributed by atoms with Crippen molar-refractivity contribution < 1.29 is 55.4 Å². The summed E-state index contributed by atoms with van der Waals surface area (Å²) in [6.45, 7) is 0. The van der Waals surface area contributed by atoms with Crippen LogP contribution >= 0.6 is 0 Å². The summed E-state index contributed by atoms with van der Waals surface area (Å²) in [6, 6.07) is 0. The van der Waals surface area contributed by atoms with Gasteiger partial charge < -0.3 is 2.85 Å². The van der Waals surface area contributed by atoms with Crippen molar-refractivity contribution in [3.8, 4) is 0 Å². The molecule has 0 aromatic rings. The van der Waals surface area contributed by atoms with Gasteiger partial charge in [0.1, 0.15) is 0 Å². The Morgan fingerprint density at radius 2 is 0.500 bits per heavy atom. The van der Waals surface area contributed by atoms with Crippen LogP contribution in [0.4, 0.5) is 0 Å². The van der Waals surface area contributed by atoms with Crippen LogP contribution in [0.3, 0.4) is 0 Å². The topological polar surface area (TPSA) is 224 Å². The molecule has 0 rings (SSSR count). The van der Waals surface area contributed by atoms with E-state index in [-0.39, 0.29) is 25.9 Å². The predicted octanol–water partition coefficient (Wildman–Crippen LogP) is -2.11. The Balaban J connectivity index is -0.0000000277. The average molecular weight is 321 g/mol. The third-order valence-corrected chi connectivity index (χ3v) is 0. The van der Waals surface area contributed by atoms with Crippen molar-refractivity contribution in [3.63, 3.8) is 0 Å². The molecular formula is H8MgO12S3. The van der Waals surface area contributed by atoms with E-state index < -0.39 is 31.2 Å². The van der Waals surface area contributed by atoms with E-state index in [4.69, 9.17) is 52.6 Å². The zero-order valence-corrected chi connectivity index (χ0v) is 10.9. The van der Waals surface area contributed by atoms with Gasteiger partial charge in [-0.25, -0.2) is 0 Å². The van der Waals surface area contributed by atoms with Gasteiger partial charge in [0.25, 0.3) is 0 Å². The molecule has 16 heavy (non-hydrogen) atoms. The third-order valence-electron chi connectivity index (χ3n) is 0. The summed E-state index contributed by atoms with van der Waals surface area (Å²) in [5.41, 5.74) is 0. The summed E-state index contributed by atoms with van der Waals surface area (Å²) in [5, 5.41) is 0. The molecule has 0 atom stereocenters. The van der Waals surface area contributed by atoms with Gasteiger partial charge in [0.15, 0.2) is 0 Å². The first-order chi connectivity index (χ1) is 6.00. The SMILES string of the molecule is O=S(=O)(O)O.O=S(=O)(O)O.O=S(=O)(O)O.[H-].[H-].[Mg+2]. The van der Waals surface area contributed by atoms with Crippen molar-refractivity contribution >= 4 is 54.2 Å². The van der Waals surface area contributed by atoms with Crippen LogP contribution in [0.5, 0.6) is 0 Å². The second kappa shape index (κ2) is 9.41. The Labute approximate surface area is 110 Å². The summed E-state index contributed by atoms with van der Waals surface area (Å²) in [7, 11) is -14.0. The molecule has 0 spiro atoms. The Morgan fingerprint density at radius 1 is 0.500 bits per heavy atom. The summed E-state index contributed by atoms with van der Waals surface area (Å²) in [5.74, 6) is 0. The molecule has 0 fully saturated rings. The van der Waals surface area contributed by atoms with Gasteiger partial charge in [-0.3, -0.25) is 27.3 Å². The third kappa shape index (κ3) is 18200. The van der Waals surface area contributed by atoms with Crippen molar-refractivity contribution in [1.82, 2.24) is 0 Å². The van der Waals surface area contributed by atoms with Crippen molar-refractivity contribution in [2.24, 2.45) is 0 Å². The summed E-state index contributed by atoms with van der Waals surface area (Å²) in [4.78, 5) is 0. The molecule has 0 aromatic heterocycles. The first kappa shape index (κ1) is 25.3. The number of rotatable bonds is 0. The fourth-order valence-electron chi connectivity index (χ4n) is 0. The Hall–Kier alpha value is 0.376. The molecule has 12 nitrogen and oxygen atoms in total. The minimum absolute atomic E-state index is 0. The van der Waals surface area contributed by atoms with Gasteiger partial charge >= 0.3 is 54.2 Å². The molecule has 0 aliphatic rings. The molecular weight excluding hydrogens is 312 g/mol. The maximum atomic E-state index is 8.74. The van der Waals surface area contributed by atoms with Gasteiger partial charge in [-0.15, -0.1) is 0 Å². The Kier molecular flexibility index (Phi) is 14.9. The van der Waals surface area contributed by atoms with E-state index in [1.165, 1.54) is 0 Å². The van der Waals surface area contributed by atoms with E-state index in [2.05, 4.69) is 0 Å². The fraction of sp³-hybridized carbons (Fsp3) is 0. The molecule has 0 radical (unpaired) electrons. The first-order valence-electron chi connectivity index (χ1n) is 2.10. The van der Waals surface area contributed by atoms with Crippen molar-refractivity contribution in [2.45, 2.75) is 0 Å².